The van der Waals surface area contributed by atoms with E-state index in [9.17, 15) is 0 Å². The Morgan fingerprint density at radius 1 is 1.28 bits per heavy atom. The maximum Gasteiger partial charge on any atom is 0.205 e. The number of nitrogens with zero attached hydrogens (tertiary/aromatic N) is 3. The second-order valence-corrected chi connectivity index (χ2v) is 7.02. The number of thiazole rings is 1. The van der Waals surface area contributed by atoms with Gasteiger partial charge in [-0.05, 0) is 6.42 Å². The lowest BCUT2D eigenvalue weighted by Gasteiger charge is -2.13. The monoisotopic (exact) mass is 282 g/mol. The Morgan fingerprint density at radius 2 is 2.06 bits per heavy atom. The molecule has 0 bridgehead atoms. The highest BCUT2D eigenvalue weighted by molar-refractivity contribution is 7.15. The molecule has 98 valence electrons. The SMILES string of the molecule is CCc1nnc(NCc2csc(C(C)(C)C)n2)s1. The molecule has 0 amide bonds. The maximum absolute atomic E-state index is 4.64. The first kappa shape index (κ1) is 13.4. The molecule has 0 atom stereocenters. The van der Waals surface area contributed by atoms with Gasteiger partial charge >= 0.3 is 0 Å². The number of anilines is 1. The van der Waals surface area contributed by atoms with Gasteiger partial charge in [0, 0.05) is 10.8 Å². The Bertz CT molecular complexity index is 510. The average Bonchev–Trinajstić information content (AvgIpc) is 2.94. The van der Waals surface area contributed by atoms with Crippen molar-refractivity contribution in [3.63, 3.8) is 0 Å². The minimum atomic E-state index is 0.126. The molecule has 0 aliphatic rings. The highest BCUT2D eigenvalue weighted by Crippen LogP contribution is 2.26. The van der Waals surface area contributed by atoms with Crippen LogP contribution in [-0.2, 0) is 18.4 Å². The van der Waals surface area contributed by atoms with Crippen LogP contribution in [0.3, 0.4) is 0 Å². The molecule has 4 nitrogen and oxygen atoms in total. The molecule has 2 heterocycles. The molecular weight excluding hydrogens is 264 g/mol. The Labute approximate surface area is 116 Å². The number of nitrogens with one attached hydrogen (secondary N) is 1. The predicted molar refractivity (Wildman–Crippen MR) is 77.4 cm³/mol. The van der Waals surface area contributed by atoms with Crippen molar-refractivity contribution in [1.82, 2.24) is 15.2 Å². The van der Waals surface area contributed by atoms with Gasteiger partial charge in [-0.15, -0.1) is 21.5 Å². The van der Waals surface area contributed by atoms with E-state index >= 15 is 0 Å². The van der Waals surface area contributed by atoms with E-state index in [0.717, 1.165) is 22.3 Å². The van der Waals surface area contributed by atoms with Crippen LogP contribution in [0.1, 0.15) is 43.4 Å². The van der Waals surface area contributed by atoms with Crippen LogP contribution in [0.5, 0.6) is 0 Å². The summed E-state index contributed by atoms with van der Waals surface area (Å²) in [7, 11) is 0. The highest BCUT2D eigenvalue weighted by Gasteiger charge is 2.17. The lowest BCUT2D eigenvalue weighted by Crippen LogP contribution is -2.11. The Hall–Kier alpha value is -1.01. The summed E-state index contributed by atoms with van der Waals surface area (Å²) in [6.07, 6.45) is 0.935. The third-order valence-corrected chi connectivity index (χ3v) is 4.73. The van der Waals surface area contributed by atoms with Gasteiger partial charge in [0.25, 0.3) is 0 Å². The average molecular weight is 282 g/mol. The molecule has 0 saturated heterocycles. The molecule has 0 spiro atoms. The van der Waals surface area contributed by atoms with Crippen LogP contribution < -0.4 is 5.32 Å². The van der Waals surface area contributed by atoms with E-state index in [0.29, 0.717) is 6.54 Å². The van der Waals surface area contributed by atoms with Crippen molar-refractivity contribution < 1.29 is 0 Å². The number of hydrogen-bond acceptors (Lipinski definition) is 6. The van der Waals surface area contributed by atoms with Crippen LogP contribution in [0, 0.1) is 0 Å². The van der Waals surface area contributed by atoms with Crippen molar-refractivity contribution in [2.75, 3.05) is 5.32 Å². The summed E-state index contributed by atoms with van der Waals surface area (Å²) < 4.78 is 0. The molecule has 0 radical (unpaired) electrons. The van der Waals surface area contributed by atoms with Crippen LogP contribution in [-0.4, -0.2) is 15.2 Å². The van der Waals surface area contributed by atoms with E-state index in [1.165, 1.54) is 5.01 Å². The fourth-order valence-corrected chi connectivity index (χ4v) is 2.95. The molecular formula is C12H18N4S2. The third kappa shape index (κ3) is 3.26. The number of hydrogen-bond donors (Lipinski definition) is 1. The summed E-state index contributed by atoms with van der Waals surface area (Å²) in [5.74, 6) is 0. The standard InChI is InChI=1S/C12H18N4S2/c1-5-9-15-16-11(18-9)13-6-8-7-17-10(14-8)12(2,3)4/h7H,5-6H2,1-4H3,(H,13,16). The van der Waals surface area contributed by atoms with E-state index in [1.54, 1.807) is 22.7 Å². The topological polar surface area (TPSA) is 50.7 Å². The summed E-state index contributed by atoms with van der Waals surface area (Å²) in [6.45, 7) is 9.34. The first-order valence-electron chi connectivity index (χ1n) is 6.00. The second kappa shape index (κ2) is 5.32. The van der Waals surface area contributed by atoms with Crippen LogP contribution >= 0.6 is 22.7 Å². The zero-order chi connectivity index (χ0) is 13.2. The molecule has 0 fully saturated rings. The minimum absolute atomic E-state index is 0.126. The maximum atomic E-state index is 4.64. The van der Waals surface area contributed by atoms with E-state index in [4.69, 9.17) is 0 Å². The van der Waals surface area contributed by atoms with Gasteiger partial charge in [0.15, 0.2) is 0 Å². The molecule has 0 unspecified atom stereocenters. The first-order valence-corrected chi connectivity index (χ1v) is 7.70. The summed E-state index contributed by atoms with van der Waals surface area (Å²) >= 11 is 3.32. The molecule has 6 heteroatoms. The van der Waals surface area contributed by atoms with Gasteiger partial charge in [-0.2, -0.15) is 0 Å². The van der Waals surface area contributed by atoms with Crippen molar-refractivity contribution in [3.05, 3.63) is 21.1 Å². The summed E-state index contributed by atoms with van der Waals surface area (Å²) in [6, 6.07) is 0. The van der Waals surface area contributed by atoms with Crippen molar-refractivity contribution in [3.8, 4) is 0 Å². The van der Waals surface area contributed by atoms with Gasteiger partial charge in [0.2, 0.25) is 5.13 Å². The van der Waals surface area contributed by atoms with Gasteiger partial charge in [-0.25, -0.2) is 4.98 Å². The van der Waals surface area contributed by atoms with Crippen LogP contribution in [0.25, 0.3) is 0 Å². The van der Waals surface area contributed by atoms with Crippen molar-refractivity contribution >= 4 is 27.8 Å². The second-order valence-electron chi connectivity index (χ2n) is 5.10. The fraction of sp³-hybridized carbons (Fsp3) is 0.583. The van der Waals surface area contributed by atoms with Crippen molar-refractivity contribution in [1.29, 1.82) is 0 Å². The molecule has 2 aromatic rings. The normalized spacial score (nSPS) is 11.8. The predicted octanol–water partition coefficient (Wildman–Crippen LogP) is 3.47. The van der Waals surface area contributed by atoms with Crippen LogP contribution in [0.15, 0.2) is 5.38 Å². The van der Waals surface area contributed by atoms with Gasteiger partial charge in [0.05, 0.1) is 17.2 Å². The number of aromatic nitrogens is 3. The molecule has 1 N–H and O–H groups in total. The molecule has 0 aliphatic carbocycles. The molecule has 2 aromatic heterocycles. The van der Waals surface area contributed by atoms with Gasteiger partial charge in [0.1, 0.15) is 5.01 Å². The fourth-order valence-electron chi connectivity index (χ4n) is 1.37. The quantitative estimate of drug-likeness (QED) is 0.933. The smallest absolute Gasteiger partial charge is 0.205 e. The van der Waals surface area contributed by atoms with Crippen LogP contribution in [0.4, 0.5) is 5.13 Å². The third-order valence-electron chi connectivity index (χ3n) is 2.38. The van der Waals surface area contributed by atoms with Gasteiger partial charge in [-0.1, -0.05) is 39.0 Å². The van der Waals surface area contributed by atoms with E-state index < -0.39 is 0 Å². The van der Waals surface area contributed by atoms with Crippen molar-refractivity contribution in [2.24, 2.45) is 0 Å². The molecule has 18 heavy (non-hydrogen) atoms. The van der Waals surface area contributed by atoms with E-state index in [-0.39, 0.29) is 5.41 Å². The van der Waals surface area contributed by atoms with Gasteiger partial charge < -0.3 is 5.32 Å². The Morgan fingerprint density at radius 3 is 2.61 bits per heavy atom. The largest absolute Gasteiger partial charge is 0.354 e. The minimum Gasteiger partial charge on any atom is -0.354 e. The van der Waals surface area contributed by atoms with E-state index in [1.807, 2.05) is 0 Å². The number of aryl methyl sites for hydroxylation is 1. The Kier molecular flexibility index (Phi) is 3.97. The highest BCUT2D eigenvalue weighted by atomic mass is 32.1. The summed E-state index contributed by atoms with van der Waals surface area (Å²) in [4.78, 5) is 4.64. The molecule has 0 saturated carbocycles. The number of rotatable bonds is 4. The zero-order valence-electron chi connectivity index (χ0n) is 11.1. The lowest BCUT2D eigenvalue weighted by molar-refractivity contribution is 0.583. The van der Waals surface area contributed by atoms with Crippen LogP contribution in [0.2, 0.25) is 0 Å². The molecule has 0 aliphatic heterocycles. The molecule has 2 rings (SSSR count). The van der Waals surface area contributed by atoms with Crippen molar-refractivity contribution in [2.45, 2.75) is 46.1 Å². The summed E-state index contributed by atoms with van der Waals surface area (Å²) in [5.41, 5.74) is 1.19. The molecule has 0 aromatic carbocycles. The zero-order valence-corrected chi connectivity index (χ0v) is 12.8. The van der Waals surface area contributed by atoms with Gasteiger partial charge in [-0.3, -0.25) is 0 Å². The first-order chi connectivity index (χ1) is 8.49. The lowest BCUT2D eigenvalue weighted by atomic mass is 9.98. The summed E-state index contributed by atoms with van der Waals surface area (Å²) in [5, 5.41) is 16.7. The Balaban J connectivity index is 1.96. The van der Waals surface area contributed by atoms with E-state index in [2.05, 4.69) is 53.6 Å².